The highest BCUT2D eigenvalue weighted by atomic mass is 19.4. The zero-order valence-corrected chi connectivity index (χ0v) is 8.63. The van der Waals surface area contributed by atoms with Crippen LogP contribution < -0.4 is 5.73 Å². The largest absolute Gasteiger partial charge is 0.391 e. The van der Waals surface area contributed by atoms with E-state index in [0.717, 1.165) is 6.42 Å². The van der Waals surface area contributed by atoms with Gasteiger partial charge in [0, 0.05) is 12.0 Å². The summed E-state index contributed by atoms with van der Waals surface area (Å²) in [6, 6.07) is -0.361. The third-order valence-corrected chi connectivity index (χ3v) is 3.58. The van der Waals surface area contributed by atoms with Crippen LogP contribution in [0.5, 0.6) is 0 Å². The molecule has 2 aliphatic rings. The Kier molecular flexibility index (Phi) is 2.71. The van der Waals surface area contributed by atoms with Crippen LogP contribution in [0.25, 0.3) is 0 Å². The van der Waals surface area contributed by atoms with Crippen LogP contribution in [0.15, 0.2) is 0 Å². The van der Waals surface area contributed by atoms with Crippen molar-refractivity contribution in [2.45, 2.75) is 50.6 Å². The molecule has 15 heavy (non-hydrogen) atoms. The minimum absolute atomic E-state index is 0.0537. The molecular weight excluding hydrogens is 207 g/mol. The molecule has 2 rings (SSSR count). The molecule has 0 radical (unpaired) electrons. The van der Waals surface area contributed by atoms with Crippen LogP contribution in [0.4, 0.5) is 13.2 Å². The van der Waals surface area contributed by atoms with E-state index in [-0.39, 0.29) is 37.0 Å². The molecule has 5 heteroatoms. The van der Waals surface area contributed by atoms with Gasteiger partial charge in [0.1, 0.15) is 0 Å². The van der Waals surface area contributed by atoms with Crippen molar-refractivity contribution < 1.29 is 17.9 Å². The van der Waals surface area contributed by atoms with E-state index in [0.29, 0.717) is 0 Å². The number of ether oxygens (including phenoxy) is 1. The molecule has 5 atom stereocenters. The predicted molar refractivity (Wildman–Crippen MR) is 49.2 cm³/mol. The summed E-state index contributed by atoms with van der Waals surface area (Å²) < 4.78 is 43.2. The highest BCUT2D eigenvalue weighted by Crippen LogP contribution is 2.44. The second kappa shape index (κ2) is 3.63. The predicted octanol–water partition coefficient (Wildman–Crippen LogP) is 2.08. The lowest BCUT2D eigenvalue weighted by Crippen LogP contribution is -2.46. The van der Waals surface area contributed by atoms with Gasteiger partial charge in [0.25, 0.3) is 0 Å². The summed E-state index contributed by atoms with van der Waals surface area (Å²) in [4.78, 5) is 0. The van der Waals surface area contributed by atoms with E-state index < -0.39 is 12.1 Å². The van der Waals surface area contributed by atoms with Crippen molar-refractivity contribution in [1.29, 1.82) is 0 Å². The molecule has 0 amide bonds. The van der Waals surface area contributed by atoms with Crippen molar-refractivity contribution in [2.75, 3.05) is 0 Å². The van der Waals surface area contributed by atoms with Crippen molar-refractivity contribution in [3.05, 3.63) is 0 Å². The molecule has 0 aromatic carbocycles. The van der Waals surface area contributed by atoms with Crippen LogP contribution in [0.1, 0.15) is 26.2 Å². The molecule has 0 aromatic heterocycles. The van der Waals surface area contributed by atoms with Crippen LogP contribution in [0.2, 0.25) is 0 Å². The number of hydrogen-bond donors (Lipinski definition) is 1. The fraction of sp³-hybridized carbons (Fsp3) is 1.00. The van der Waals surface area contributed by atoms with E-state index in [4.69, 9.17) is 10.5 Å². The van der Waals surface area contributed by atoms with E-state index in [1.54, 1.807) is 0 Å². The highest BCUT2D eigenvalue weighted by Gasteiger charge is 2.50. The van der Waals surface area contributed by atoms with Crippen LogP contribution >= 0.6 is 0 Å². The standard InChI is InChI=1S/C10H16F3NO/c1-5-2-7-8(14)3-6(10(11,12)13)4-9(7)15-5/h5-9H,2-4,14H2,1H3/t5-,6-,7+,8-,9+/m0/s1. The van der Waals surface area contributed by atoms with Gasteiger partial charge in [-0.25, -0.2) is 0 Å². The smallest absolute Gasteiger partial charge is 0.375 e. The Morgan fingerprint density at radius 2 is 1.87 bits per heavy atom. The van der Waals surface area contributed by atoms with Crippen molar-refractivity contribution in [1.82, 2.24) is 0 Å². The van der Waals surface area contributed by atoms with Crippen LogP contribution in [0, 0.1) is 11.8 Å². The number of alkyl halides is 3. The molecule has 1 saturated carbocycles. The molecule has 1 heterocycles. The zero-order chi connectivity index (χ0) is 11.2. The minimum atomic E-state index is -4.13. The molecule has 2 N–H and O–H groups in total. The number of halogens is 3. The zero-order valence-electron chi connectivity index (χ0n) is 8.63. The SMILES string of the molecule is C[C@H]1C[C@@H]2[C@@H](N)C[C@H](C(F)(F)F)C[C@H]2O1. The molecule has 1 saturated heterocycles. The molecule has 1 aliphatic carbocycles. The lowest BCUT2D eigenvalue weighted by atomic mass is 9.76. The van der Waals surface area contributed by atoms with E-state index in [9.17, 15) is 13.2 Å². The molecule has 0 spiro atoms. The van der Waals surface area contributed by atoms with Crippen molar-refractivity contribution >= 4 is 0 Å². The molecule has 1 aliphatic heterocycles. The van der Waals surface area contributed by atoms with Crippen molar-refractivity contribution in [2.24, 2.45) is 17.6 Å². The fourth-order valence-corrected chi connectivity index (χ4v) is 2.82. The normalized spacial score (nSPS) is 46.6. The van der Waals surface area contributed by atoms with Gasteiger partial charge < -0.3 is 10.5 Å². The van der Waals surface area contributed by atoms with Crippen molar-refractivity contribution in [3.63, 3.8) is 0 Å². The van der Waals surface area contributed by atoms with Crippen molar-refractivity contribution in [3.8, 4) is 0 Å². The van der Waals surface area contributed by atoms with Crippen LogP contribution in [-0.4, -0.2) is 24.4 Å². The molecule has 88 valence electrons. The molecule has 0 bridgehead atoms. The second-order valence-electron chi connectivity index (χ2n) is 4.76. The lowest BCUT2D eigenvalue weighted by Gasteiger charge is -2.36. The quantitative estimate of drug-likeness (QED) is 0.682. The van der Waals surface area contributed by atoms with E-state index in [2.05, 4.69) is 0 Å². The van der Waals surface area contributed by atoms with E-state index >= 15 is 0 Å². The number of nitrogens with two attached hydrogens (primary N) is 1. The van der Waals surface area contributed by atoms with Gasteiger partial charge in [-0.05, 0) is 26.2 Å². The third-order valence-electron chi connectivity index (χ3n) is 3.58. The first-order valence-corrected chi connectivity index (χ1v) is 5.35. The first-order chi connectivity index (χ1) is 6.88. The van der Waals surface area contributed by atoms with Gasteiger partial charge in [-0.2, -0.15) is 13.2 Å². The highest BCUT2D eigenvalue weighted by molar-refractivity contribution is 4.95. The molecule has 2 fully saturated rings. The molecule has 0 aromatic rings. The summed E-state index contributed by atoms with van der Waals surface area (Å²) >= 11 is 0. The summed E-state index contributed by atoms with van der Waals surface area (Å²) in [6.07, 6.45) is -3.41. The lowest BCUT2D eigenvalue weighted by molar-refractivity contribution is -0.194. The Bertz CT molecular complexity index is 243. The summed E-state index contributed by atoms with van der Waals surface area (Å²) in [6.45, 7) is 1.90. The van der Waals surface area contributed by atoms with Gasteiger partial charge in [-0.15, -0.1) is 0 Å². The number of rotatable bonds is 0. The van der Waals surface area contributed by atoms with Crippen LogP contribution in [-0.2, 0) is 4.74 Å². The molecular formula is C10H16F3NO. The van der Waals surface area contributed by atoms with Gasteiger partial charge in [0.15, 0.2) is 0 Å². The Morgan fingerprint density at radius 3 is 2.47 bits per heavy atom. The Hall–Kier alpha value is -0.290. The monoisotopic (exact) mass is 223 g/mol. The first-order valence-electron chi connectivity index (χ1n) is 5.35. The summed E-state index contributed by atoms with van der Waals surface area (Å²) in [5.74, 6) is -1.15. The maximum atomic E-state index is 12.6. The number of hydrogen-bond acceptors (Lipinski definition) is 2. The number of fused-ring (bicyclic) bond motifs is 1. The minimum Gasteiger partial charge on any atom is -0.375 e. The average Bonchev–Trinajstić information content (AvgIpc) is 2.44. The molecule has 2 nitrogen and oxygen atoms in total. The maximum absolute atomic E-state index is 12.6. The molecule has 0 unspecified atom stereocenters. The maximum Gasteiger partial charge on any atom is 0.391 e. The summed E-state index contributed by atoms with van der Waals surface area (Å²) in [5, 5.41) is 0. The van der Waals surface area contributed by atoms with Crippen LogP contribution in [0.3, 0.4) is 0 Å². The third kappa shape index (κ3) is 2.13. The van der Waals surface area contributed by atoms with Gasteiger partial charge in [-0.3, -0.25) is 0 Å². The van der Waals surface area contributed by atoms with Gasteiger partial charge in [0.05, 0.1) is 18.1 Å². The van der Waals surface area contributed by atoms with E-state index in [1.807, 2.05) is 6.92 Å². The summed E-state index contributed by atoms with van der Waals surface area (Å²) in [7, 11) is 0. The van der Waals surface area contributed by atoms with Gasteiger partial charge in [-0.1, -0.05) is 0 Å². The Morgan fingerprint density at radius 1 is 1.20 bits per heavy atom. The van der Waals surface area contributed by atoms with Gasteiger partial charge >= 0.3 is 6.18 Å². The average molecular weight is 223 g/mol. The Labute approximate surface area is 87.0 Å². The first kappa shape index (κ1) is 11.2. The second-order valence-corrected chi connectivity index (χ2v) is 4.76. The fourth-order valence-electron chi connectivity index (χ4n) is 2.82. The topological polar surface area (TPSA) is 35.2 Å². The van der Waals surface area contributed by atoms with Gasteiger partial charge in [0.2, 0.25) is 0 Å². The summed E-state index contributed by atoms with van der Waals surface area (Å²) in [5.41, 5.74) is 5.79. The Balaban J connectivity index is 2.07. The van der Waals surface area contributed by atoms with E-state index in [1.165, 1.54) is 0 Å².